The summed E-state index contributed by atoms with van der Waals surface area (Å²) in [7, 11) is 0. The van der Waals surface area contributed by atoms with E-state index in [1.165, 1.54) is 12.0 Å². The van der Waals surface area contributed by atoms with Crippen LogP contribution in [0.1, 0.15) is 34.3 Å². The number of rotatable bonds is 1. The van der Waals surface area contributed by atoms with Crippen molar-refractivity contribution in [3.8, 4) is 0 Å². The van der Waals surface area contributed by atoms with Crippen LogP contribution in [0.25, 0.3) is 0 Å². The number of benzene rings is 1. The highest BCUT2D eigenvalue weighted by Gasteiger charge is 2.13. The van der Waals surface area contributed by atoms with Crippen molar-refractivity contribution in [2.45, 2.75) is 25.7 Å². The number of fused-ring (bicyclic) bond motifs is 1. The number of carbonyl (C=O) groups is 1. The Morgan fingerprint density at radius 2 is 1.93 bits per heavy atom. The molecular formula is C11H11FO2. The summed E-state index contributed by atoms with van der Waals surface area (Å²) in [4.78, 5) is 14.1. The highest BCUT2D eigenvalue weighted by molar-refractivity contribution is 5.89. The van der Waals surface area contributed by atoms with E-state index >= 15 is 0 Å². The van der Waals surface area contributed by atoms with Gasteiger partial charge in [0.1, 0.15) is 0 Å². The fraction of sp³-hybridized carbons (Fsp3) is 0.364. The minimum absolute atomic E-state index is 0.299. The van der Waals surface area contributed by atoms with Crippen molar-refractivity contribution in [1.29, 1.82) is 0 Å². The first-order valence-electron chi connectivity index (χ1n) is 4.76. The summed E-state index contributed by atoms with van der Waals surface area (Å²) >= 11 is 0. The van der Waals surface area contributed by atoms with Crippen molar-refractivity contribution in [3.05, 3.63) is 34.9 Å². The quantitative estimate of drug-likeness (QED) is 0.686. The fourth-order valence-corrected chi connectivity index (χ4v) is 1.90. The molecule has 0 fully saturated rings. The highest BCUT2D eigenvalue weighted by atomic mass is 19.3. The predicted octanol–water partition coefficient (Wildman–Crippen LogP) is 2.61. The lowest BCUT2D eigenvalue weighted by Gasteiger charge is -2.15. The molecule has 2 rings (SSSR count). The van der Waals surface area contributed by atoms with Gasteiger partial charge in [-0.05, 0) is 48.9 Å². The predicted molar refractivity (Wildman–Crippen MR) is 49.6 cm³/mol. The van der Waals surface area contributed by atoms with Gasteiger partial charge in [0, 0.05) is 4.53 Å². The average molecular weight is 194 g/mol. The highest BCUT2D eigenvalue weighted by Crippen LogP contribution is 2.22. The Morgan fingerprint density at radius 1 is 1.21 bits per heavy atom. The maximum atomic E-state index is 11.7. The number of hydrogen-bond donors (Lipinski definition) is 0. The average Bonchev–Trinajstić information content (AvgIpc) is 2.27. The van der Waals surface area contributed by atoms with Gasteiger partial charge in [-0.25, -0.2) is 9.74 Å². The standard InChI is InChI=1S/C11H11FO2/c12-14-11(13)10-6-5-8-3-1-2-4-9(8)7-10/h5-7H,1-4H2. The number of halogens is 1. The summed E-state index contributed by atoms with van der Waals surface area (Å²) in [6, 6.07) is 5.24. The molecule has 1 aliphatic rings. The van der Waals surface area contributed by atoms with Crippen LogP contribution in [-0.4, -0.2) is 5.97 Å². The van der Waals surface area contributed by atoms with E-state index in [0.29, 0.717) is 5.56 Å². The molecule has 0 saturated heterocycles. The minimum Gasteiger partial charge on any atom is -0.249 e. The molecule has 0 radical (unpaired) electrons. The molecule has 1 aliphatic carbocycles. The van der Waals surface area contributed by atoms with Crippen LogP contribution in [0, 0.1) is 0 Å². The summed E-state index contributed by atoms with van der Waals surface area (Å²) < 4.78 is 11.7. The molecule has 0 amide bonds. The Hall–Kier alpha value is -1.38. The van der Waals surface area contributed by atoms with Gasteiger partial charge in [0.25, 0.3) is 0 Å². The maximum absolute atomic E-state index is 11.7. The Kier molecular flexibility index (Phi) is 2.48. The van der Waals surface area contributed by atoms with Gasteiger partial charge in [0.2, 0.25) is 0 Å². The Morgan fingerprint density at radius 3 is 2.64 bits per heavy atom. The number of aryl methyl sites for hydroxylation is 2. The van der Waals surface area contributed by atoms with E-state index in [1.54, 1.807) is 12.1 Å². The van der Waals surface area contributed by atoms with Crippen molar-refractivity contribution in [2.75, 3.05) is 0 Å². The van der Waals surface area contributed by atoms with Gasteiger partial charge < -0.3 is 0 Å². The third-order valence-electron chi connectivity index (χ3n) is 2.65. The molecule has 0 heterocycles. The van der Waals surface area contributed by atoms with Crippen molar-refractivity contribution in [2.24, 2.45) is 0 Å². The monoisotopic (exact) mass is 194 g/mol. The molecule has 14 heavy (non-hydrogen) atoms. The fourth-order valence-electron chi connectivity index (χ4n) is 1.90. The molecular weight excluding hydrogens is 183 g/mol. The van der Waals surface area contributed by atoms with Crippen LogP contribution in [0.2, 0.25) is 0 Å². The van der Waals surface area contributed by atoms with Crippen LogP contribution in [-0.2, 0) is 17.8 Å². The summed E-state index contributed by atoms with van der Waals surface area (Å²) in [6.45, 7) is 0. The zero-order valence-corrected chi connectivity index (χ0v) is 7.75. The van der Waals surface area contributed by atoms with Crippen molar-refractivity contribution in [1.82, 2.24) is 0 Å². The maximum Gasteiger partial charge on any atom is 0.379 e. The van der Waals surface area contributed by atoms with Gasteiger partial charge in [0.05, 0.1) is 5.56 Å². The van der Waals surface area contributed by atoms with Gasteiger partial charge in [-0.2, -0.15) is 0 Å². The van der Waals surface area contributed by atoms with E-state index in [1.807, 2.05) is 6.07 Å². The van der Waals surface area contributed by atoms with Crippen molar-refractivity contribution < 1.29 is 14.3 Å². The lowest BCUT2D eigenvalue weighted by molar-refractivity contribution is -0.0788. The molecule has 3 heteroatoms. The Balaban J connectivity index is 2.33. The summed E-state index contributed by atoms with van der Waals surface area (Å²) in [5.41, 5.74) is 2.72. The van der Waals surface area contributed by atoms with E-state index in [9.17, 15) is 9.32 Å². The SMILES string of the molecule is O=C(OF)c1ccc2c(c1)CCCC2. The molecule has 1 aromatic carbocycles. The second-order valence-corrected chi connectivity index (χ2v) is 3.56. The molecule has 0 saturated carbocycles. The second-order valence-electron chi connectivity index (χ2n) is 3.56. The van der Waals surface area contributed by atoms with Crippen LogP contribution in [0.15, 0.2) is 18.2 Å². The van der Waals surface area contributed by atoms with E-state index in [4.69, 9.17) is 0 Å². The van der Waals surface area contributed by atoms with Gasteiger partial charge in [-0.15, -0.1) is 0 Å². The summed E-state index contributed by atoms with van der Waals surface area (Å²) in [5, 5.41) is 0. The third kappa shape index (κ3) is 1.62. The molecule has 0 spiro atoms. The molecule has 0 bridgehead atoms. The smallest absolute Gasteiger partial charge is 0.249 e. The largest absolute Gasteiger partial charge is 0.379 e. The zero-order chi connectivity index (χ0) is 9.97. The van der Waals surface area contributed by atoms with Gasteiger partial charge in [-0.3, -0.25) is 0 Å². The Bertz CT molecular complexity index is 360. The lowest BCUT2D eigenvalue weighted by atomic mass is 9.90. The van der Waals surface area contributed by atoms with Gasteiger partial charge in [-0.1, -0.05) is 6.07 Å². The lowest BCUT2D eigenvalue weighted by Crippen LogP contribution is -2.06. The topological polar surface area (TPSA) is 26.3 Å². The number of hydrogen-bond acceptors (Lipinski definition) is 2. The van der Waals surface area contributed by atoms with E-state index in [0.717, 1.165) is 24.8 Å². The normalized spacial score (nSPS) is 14.6. The molecule has 0 aliphatic heterocycles. The van der Waals surface area contributed by atoms with Crippen LogP contribution in [0.3, 0.4) is 0 Å². The second kappa shape index (κ2) is 3.78. The van der Waals surface area contributed by atoms with Crippen molar-refractivity contribution >= 4 is 5.97 Å². The molecule has 0 aromatic heterocycles. The first kappa shape index (κ1) is 9.19. The van der Waals surface area contributed by atoms with E-state index in [-0.39, 0.29) is 0 Å². The molecule has 1 aromatic rings. The minimum atomic E-state index is -0.904. The van der Waals surface area contributed by atoms with E-state index in [2.05, 4.69) is 4.94 Å². The number of carbonyl (C=O) groups excluding carboxylic acids is 1. The third-order valence-corrected chi connectivity index (χ3v) is 2.65. The molecule has 0 N–H and O–H groups in total. The van der Waals surface area contributed by atoms with Crippen LogP contribution >= 0.6 is 0 Å². The van der Waals surface area contributed by atoms with Gasteiger partial charge >= 0.3 is 5.97 Å². The summed E-state index contributed by atoms with van der Waals surface area (Å²) in [6.07, 6.45) is 4.37. The molecule has 2 nitrogen and oxygen atoms in total. The molecule has 0 atom stereocenters. The molecule has 0 unspecified atom stereocenters. The first-order chi connectivity index (χ1) is 6.81. The van der Waals surface area contributed by atoms with Crippen LogP contribution < -0.4 is 0 Å². The first-order valence-corrected chi connectivity index (χ1v) is 4.76. The van der Waals surface area contributed by atoms with Crippen LogP contribution in [0.4, 0.5) is 4.53 Å². The van der Waals surface area contributed by atoms with Crippen LogP contribution in [0.5, 0.6) is 0 Å². The Labute approximate surface area is 81.6 Å². The van der Waals surface area contributed by atoms with E-state index < -0.39 is 5.97 Å². The van der Waals surface area contributed by atoms with Gasteiger partial charge in [0.15, 0.2) is 0 Å². The summed E-state index contributed by atoms with van der Waals surface area (Å²) in [5.74, 6) is -0.904. The molecule has 74 valence electrons. The zero-order valence-electron chi connectivity index (χ0n) is 7.75. The van der Waals surface area contributed by atoms with Crippen molar-refractivity contribution in [3.63, 3.8) is 0 Å².